The van der Waals surface area contributed by atoms with Crippen molar-refractivity contribution in [2.24, 2.45) is 0 Å². The zero-order chi connectivity index (χ0) is 26.4. The van der Waals surface area contributed by atoms with E-state index in [1.165, 1.54) is 27.8 Å². The van der Waals surface area contributed by atoms with Crippen LogP contribution in [0.2, 0.25) is 0 Å². The second kappa shape index (κ2) is 11.8. The Hall–Kier alpha value is -3.28. The molecule has 0 radical (unpaired) electrons. The molecule has 37 heavy (non-hydrogen) atoms. The molecule has 4 aromatic rings. The van der Waals surface area contributed by atoms with Crippen molar-refractivity contribution in [3.63, 3.8) is 0 Å². The van der Waals surface area contributed by atoms with Crippen LogP contribution in [0.15, 0.2) is 65.8 Å². The maximum atomic E-state index is 13.7. The minimum atomic E-state index is -3.63. The number of benzene rings is 2. The van der Waals surface area contributed by atoms with Gasteiger partial charge >= 0.3 is 0 Å². The molecule has 0 saturated carbocycles. The van der Waals surface area contributed by atoms with Crippen LogP contribution in [0.25, 0.3) is 10.2 Å². The van der Waals surface area contributed by atoms with Crippen molar-refractivity contribution in [2.45, 2.75) is 38.1 Å². The Bertz CT molecular complexity index is 1430. The molecule has 11 heteroatoms. The van der Waals surface area contributed by atoms with Crippen LogP contribution in [0.3, 0.4) is 0 Å². The van der Waals surface area contributed by atoms with Crippen LogP contribution in [0, 0.1) is 0 Å². The lowest BCUT2D eigenvalue weighted by Gasteiger charge is -2.22. The number of aromatic nitrogens is 3. The smallest absolute Gasteiger partial charge is 0.260 e. The van der Waals surface area contributed by atoms with E-state index >= 15 is 0 Å². The Labute approximate surface area is 221 Å². The second-order valence-corrected chi connectivity index (χ2v) is 11.4. The molecule has 0 bridgehead atoms. The number of hydrogen-bond acceptors (Lipinski definition) is 7. The summed E-state index contributed by atoms with van der Waals surface area (Å²) in [4.78, 5) is 20.2. The summed E-state index contributed by atoms with van der Waals surface area (Å²) in [6.07, 6.45) is 4.99. The molecular weight excluding hydrogens is 510 g/mol. The second-order valence-electron chi connectivity index (χ2n) is 8.48. The average Bonchev–Trinajstić information content (AvgIpc) is 3.58. The lowest BCUT2D eigenvalue weighted by atomic mass is 10.2. The van der Waals surface area contributed by atoms with Crippen LogP contribution >= 0.6 is 11.3 Å². The minimum Gasteiger partial charge on any atom is -0.497 e. The van der Waals surface area contributed by atoms with Crippen molar-refractivity contribution < 1.29 is 17.9 Å². The van der Waals surface area contributed by atoms with E-state index in [1.54, 1.807) is 35.0 Å². The van der Waals surface area contributed by atoms with Crippen molar-refractivity contribution in [1.82, 2.24) is 19.1 Å². The third kappa shape index (κ3) is 6.00. The first-order chi connectivity index (χ1) is 17.9. The van der Waals surface area contributed by atoms with Gasteiger partial charge in [-0.1, -0.05) is 25.2 Å². The summed E-state index contributed by atoms with van der Waals surface area (Å²) in [5.41, 5.74) is 1.15. The molecular formula is C26H31N5O4S2. The monoisotopic (exact) mass is 541 g/mol. The number of thiazole rings is 1. The Morgan fingerprint density at radius 2 is 1.78 bits per heavy atom. The van der Waals surface area contributed by atoms with Gasteiger partial charge in [0.1, 0.15) is 5.75 Å². The Balaban J connectivity index is 1.64. The van der Waals surface area contributed by atoms with Gasteiger partial charge < -0.3 is 4.74 Å². The molecule has 0 aliphatic heterocycles. The Morgan fingerprint density at radius 3 is 2.41 bits per heavy atom. The van der Waals surface area contributed by atoms with Crippen LogP contribution < -0.4 is 9.64 Å². The zero-order valence-electron chi connectivity index (χ0n) is 21.2. The van der Waals surface area contributed by atoms with Gasteiger partial charge in [-0.05, 0) is 61.4 Å². The molecule has 2 aromatic heterocycles. The number of hydrogen-bond donors (Lipinski definition) is 0. The van der Waals surface area contributed by atoms with E-state index in [0.717, 1.165) is 23.1 Å². The number of carbonyl (C=O) groups excluding carboxylic acids is 1. The molecule has 9 nitrogen and oxygen atoms in total. The van der Waals surface area contributed by atoms with Crippen molar-refractivity contribution in [2.75, 3.05) is 31.6 Å². The lowest BCUT2D eigenvalue weighted by molar-refractivity contribution is 0.0985. The van der Waals surface area contributed by atoms with E-state index in [-0.39, 0.29) is 10.8 Å². The van der Waals surface area contributed by atoms with E-state index in [4.69, 9.17) is 9.72 Å². The van der Waals surface area contributed by atoms with Gasteiger partial charge in [-0.2, -0.15) is 9.40 Å². The molecule has 0 unspecified atom stereocenters. The van der Waals surface area contributed by atoms with Gasteiger partial charge in [0, 0.05) is 37.6 Å². The zero-order valence-corrected chi connectivity index (χ0v) is 22.8. The fourth-order valence-electron chi connectivity index (χ4n) is 3.98. The minimum absolute atomic E-state index is 0.182. The molecule has 0 atom stereocenters. The lowest BCUT2D eigenvalue weighted by Crippen LogP contribution is -2.34. The third-order valence-electron chi connectivity index (χ3n) is 5.86. The number of sulfonamides is 1. The summed E-state index contributed by atoms with van der Waals surface area (Å²) in [6.45, 7) is 5.65. The Morgan fingerprint density at radius 1 is 1.05 bits per heavy atom. The number of anilines is 1. The number of rotatable bonds is 12. The highest BCUT2D eigenvalue weighted by molar-refractivity contribution is 7.89. The SMILES string of the molecule is CCCN(CCC)S(=O)(=O)c1ccc(C(=O)N(CCn2cccn2)c2nc3ccc(OC)cc3s2)cc1. The molecule has 196 valence electrons. The molecule has 0 fully saturated rings. The van der Waals surface area contributed by atoms with E-state index < -0.39 is 10.0 Å². The van der Waals surface area contributed by atoms with Crippen molar-refractivity contribution in [3.05, 3.63) is 66.5 Å². The fourth-order valence-corrected chi connectivity index (χ4v) is 6.62. The predicted octanol–water partition coefficient (Wildman–Crippen LogP) is 4.66. The van der Waals surface area contributed by atoms with E-state index in [0.29, 0.717) is 42.6 Å². The van der Waals surface area contributed by atoms with E-state index in [1.807, 2.05) is 44.3 Å². The van der Waals surface area contributed by atoms with Crippen molar-refractivity contribution in [3.8, 4) is 5.75 Å². The van der Waals surface area contributed by atoms with Gasteiger partial charge in [0.15, 0.2) is 5.13 Å². The number of nitrogens with zero attached hydrogens (tertiary/aromatic N) is 5. The molecule has 0 aliphatic carbocycles. The highest BCUT2D eigenvalue weighted by Gasteiger charge is 2.25. The number of carbonyl (C=O) groups is 1. The van der Waals surface area contributed by atoms with E-state index in [2.05, 4.69) is 5.10 Å². The summed E-state index contributed by atoms with van der Waals surface area (Å²) in [5.74, 6) is 0.454. The summed E-state index contributed by atoms with van der Waals surface area (Å²) >= 11 is 1.40. The molecule has 4 rings (SSSR count). The average molecular weight is 542 g/mol. The predicted molar refractivity (Wildman–Crippen MR) is 146 cm³/mol. The molecule has 0 saturated heterocycles. The summed E-state index contributed by atoms with van der Waals surface area (Å²) in [6, 6.07) is 13.6. The highest BCUT2D eigenvalue weighted by atomic mass is 32.2. The van der Waals surface area contributed by atoms with Gasteiger partial charge in [0.05, 0.1) is 28.8 Å². The first kappa shape index (κ1) is 26.8. The van der Waals surface area contributed by atoms with Crippen molar-refractivity contribution >= 4 is 42.6 Å². The summed E-state index contributed by atoms with van der Waals surface area (Å²) in [5, 5.41) is 4.79. The van der Waals surface area contributed by atoms with Gasteiger partial charge in [-0.15, -0.1) is 0 Å². The van der Waals surface area contributed by atoms with Gasteiger partial charge in [0.25, 0.3) is 5.91 Å². The Kier molecular flexibility index (Phi) is 8.57. The van der Waals surface area contributed by atoms with Gasteiger partial charge in [-0.3, -0.25) is 14.4 Å². The largest absolute Gasteiger partial charge is 0.497 e. The van der Waals surface area contributed by atoms with Crippen LogP contribution in [-0.2, 0) is 16.6 Å². The molecule has 2 aromatic carbocycles. The molecule has 0 aliphatic rings. The number of amides is 1. The maximum Gasteiger partial charge on any atom is 0.260 e. The normalized spacial score (nSPS) is 11.8. The fraction of sp³-hybridized carbons (Fsp3) is 0.346. The molecule has 1 amide bonds. The van der Waals surface area contributed by atoms with Gasteiger partial charge in [-0.25, -0.2) is 13.4 Å². The quantitative estimate of drug-likeness (QED) is 0.259. The molecule has 0 spiro atoms. The van der Waals surface area contributed by atoms with Crippen LogP contribution in [0.4, 0.5) is 5.13 Å². The number of methoxy groups -OCH3 is 1. The molecule has 0 N–H and O–H groups in total. The third-order valence-corrected chi connectivity index (χ3v) is 8.81. The standard InChI is InChI=1S/C26H31N5O4S2/c1-4-14-30(15-5-2)37(33,34)22-10-7-20(8-11-22)25(32)31(18-17-29-16-6-13-27-29)26-28-23-12-9-21(35-3)19-24(23)36-26/h6-13,16,19H,4-5,14-15,17-18H2,1-3H3. The summed E-state index contributed by atoms with van der Waals surface area (Å²) in [7, 11) is -2.02. The highest BCUT2D eigenvalue weighted by Crippen LogP contribution is 2.32. The first-order valence-corrected chi connectivity index (χ1v) is 14.5. The topological polar surface area (TPSA) is 97.6 Å². The van der Waals surface area contributed by atoms with Crippen molar-refractivity contribution in [1.29, 1.82) is 0 Å². The first-order valence-electron chi connectivity index (χ1n) is 12.2. The van der Waals surface area contributed by atoms with E-state index in [9.17, 15) is 13.2 Å². The number of fused-ring (bicyclic) bond motifs is 1. The van der Waals surface area contributed by atoms with Gasteiger partial charge in [0.2, 0.25) is 10.0 Å². The van der Waals surface area contributed by atoms with Crippen LogP contribution in [0.1, 0.15) is 37.0 Å². The molecule has 2 heterocycles. The van der Waals surface area contributed by atoms with Crippen LogP contribution in [0.5, 0.6) is 5.75 Å². The summed E-state index contributed by atoms with van der Waals surface area (Å²) < 4.78 is 35.7. The number of ether oxygens (including phenoxy) is 1. The maximum absolute atomic E-state index is 13.7. The van der Waals surface area contributed by atoms with Crippen LogP contribution in [-0.4, -0.2) is 60.1 Å².